The fraction of sp³-hybridized carbons (Fsp3) is 0.500. The second-order valence-electron chi connectivity index (χ2n) is 2.81. The maximum atomic E-state index is 10.4. The zero-order chi connectivity index (χ0) is 8.97. The van der Waals surface area contributed by atoms with Gasteiger partial charge in [-0.3, -0.25) is 4.79 Å². The first-order valence-corrected chi connectivity index (χ1v) is 3.97. The molecule has 0 radical (unpaired) electrons. The predicted molar refractivity (Wildman–Crippen MR) is 45.5 cm³/mol. The van der Waals surface area contributed by atoms with Gasteiger partial charge in [0.1, 0.15) is 5.82 Å². The summed E-state index contributed by atoms with van der Waals surface area (Å²) in [5.74, 6) is 0.662. The summed E-state index contributed by atoms with van der Waals surface area (Å²) in [6.07, 6.45) is 3.86. The van der Waals surface area contributed by atoms with Crippen LogP contribution < -0.4 is 5.73 Å². The number of nitrogens with two attached hydrogens (primary N) is 1. The minimum Gasteiger partial charge on any atom is -0.370 e. The van der Waals surface area contributed by atoms with Gasteiger partial charge in [-0.15, -0.1) is 0 Å². The van der Waals surface area contributed by atoms with Crippen molar-refractivity contribution in [2.24, 2.45) is 5.73 Å². The zero-order valence-corrected chi connectivity index (χ0v) is 7.13. The van der Waals surface area contributed by atoms with Crippen molar-refractivity contribution in [3.05, 3.63) is 17.7 Å². The van der Waals surface area contributed by atoms with Crippen molar-refractivity contribution in [1.82, 2.24) is 9.97 Å². The molecule has 0 unspecified atom stereocenters. The Balaban J connectivity index is 2.29. The molecule has 0 bridgehead atoms. The number of nitrogens with one attached hydrogen (secondary N) is 1. The normalized spacial score (nSPS) is 10.1. The van der Waals surface area contributed by atoms with Crippen LogP contribution in [-0.4, -0.2) is 15.9 Å². The number of primary amides is 1. The van der Waals surface area contributed by atoms with Crippen molar-refractivity contribution >= 4 is 5.91 Å². The van der Waals surface area contributed by atoms with Gasteiger partial charge in [0.25, 0.3) is 0 Å². The van der Waals surface area contributed by atoms with Crippen molar-refractivity contribution in [3.63, 3.8) is 0 Å². The van der Waals surface area contributed by atoms with Crippen LogP contribution in [0.4, 0.5) is 0 Å². The molecular formula is C8H13N3O. The number of nitrogens with zero attached hydrogens (tertiary/aromatic N) is 1. The summed E-state index contributed by atoms with van der Waals surface area (Å²) in [4.78, 5) is 17.5. The topological polar surface area (TPSA) is 71.8 Å². The number of carbonyl (C=O) groups excluding carboxylic acids is 1. The molecule has 4 heteroatoms. The molecule has 0 spiro atoms. The molecule has 0 saturated carbocycles. The standard InChI is InChI=1S/C8H13N3O/c1-6-10-5-7(11-6)3-2-4-8(9)12/h5H,2-4H2,1H3,(H2,9,12)(H,10,11). The number of amides is 1. The molecule has 0 aliphatic rings. The van der Waals surface area contributed by atoms with Crippen molar-refractivity contribution < 1.29 is 4.79 Å². The fourth-order valence-electron chi connectivity index (χ4n) is 1.05. The highest BCUT2D eigenvalue weighted by atomic mass is 16.1. The van der Waals surface area contributed by atoms with Crippen LogP contribution in [0.25, 0.3) is 0 Å². The van der Waals surface area contributed by atoms with Crippen molar-refractivity contribution in [1.29, 1.82) is 0 Å². The summed E-state index contributed by atoms with van der Waals surface area (Å²) in [5, 5.41) is 0. The summed E-state index contributed by atoms with van der Waals surface area (Å²) in [6, 6.07) is 0. The number of hydrogen-bond acceptors (Lipinski definition) is 2. The third kappa shape index (κ3) is 2.74. The van der Waals surface area contributed by atoms with Crippen LogP contribution >= 0.6 is 0 Å². The van der Waals surface area contributed by atoms with Gasteiger partial charge in [0.15, 0.2) is 0 Å². The molecule has 0 atom stereocenters. The van der Waals surface area contributed by atoms with E-state index < -0.39 is 0 Å². The van der Waals surface area contributed by atoms with E-state index in [0.29, 0.717) is 6.42 Å². The highest BCUT2D eigenvalue weighted by Crippen LogP contribution is 2.01. The Labute approximate surface area is 71.2 Å². The minimum absolute atomic E-state index is 0.244. The van der Waals surface area contributed by atoms with Crippen molar-refractivity contribution in [2.75, 3.05) is 0 Å². The lowest BCUT2D eigenvalue weighted by Gasteiger charge is -1.94. The molecule has 1 aromatic rings. The van der Waals surface area contributed by atoms with E-state index in [1.165, 1.54) is 0 Å². The Kier molecular flexibility index (Phi) is 2.85. The number of carbonyl (C=O) groups is 1. The molecule has 0 aromatic carbocycles. The third-order valence-corrected chi connectivity index (χ3v) is 1.62. The largest absolute Gasteiger partial charge is 0.370 e. The lowest BCUT2D eigenvalue weighted by Crippen LogP contribution is -2.10. The molecule has 0 aliphatic carbocycles. The highest BCUT2D eigenvalue weighted by molar-refractivity contribution is 5.73. The van der Waals surface area contributed by atoms with E-state index in [1.807, 2.05) is 6.92 Å². The van der Waals surface area contributed by atoms with Crippen LogP contribution in [0.2, 0.25) is 0 Å². The summed E-state index contributed by atoms with van der Waals surface area (Å²) in [6.45, 7) is 1.90. The second kappa shape index (κ2) is 3.90. The first kappa shape index (κ1) is 8.77. The molecule has 1 amide bonds. The maximum Gasteiger partial charge on any atom is 0.217 e. The summed E-state index contributed by atoms with van der Waals surface area (Å²) in [7, 11) is 0. The van der Waals surface area contributed by atoms with Crippen LogP contribution in [0.5, 0.6) is 0 Å². The van der Waals surface area contributed by atoms with Gasteiger partial charge in [-0.1, -0.05) is 0 Å². The van der Waals surface area contributed by atoms with E-state index in [1.54, 1.807) is 6.20 Å². The SMILES string of the molecule is Cc1ncc(CCCC(N)=O)[nH]1. The lowest BCUT2D eigenvalue weighted by atomic mass is 10.2. The number of aryl methyl sites for hydroxylation is 2. The molecular weight excluding hydrogens is 154 g/mol. The molecule has 1 heterocycles. The lowest BCUT2D eigenvalue weighted by molar-refractivity contribution is -0.118. The van der Waals surface area contributed by atoms with Crippen LogP contribution in [0.15, 0.2) is 6.20 Å². The number of hydrogen-bond donors (Lipinski definition) is 2. The summed E-state index contributed by atoms with van der Waals surface area (Å²) < 4.78 is 0. The molecule has 0 saturated heterocycles. The molecule has 0 aliphatic heterocycles. The monoisotopic (exact) mass is 167 g/mol. The van der Waals surface area contributed by atoms with Gasteiger partial charge >= 0.3 is 0 Å². The average Bonchev–Trinajstić information content (AvgIpc) is 2.35. The summed E-state index contributed by atoms with van der Waals surface area (Å²) in [5.41, 5.74) is 6.06. The first-order chi connectivity index (χ1) is 5.68. The van der Waals surface area contributed by atoms with E-state index in [0.717, 1.165) is 24.4 Å². The molecule has 12 heavy (non-hydrogen) atoms. The second-order valence-corrected chi connectivity index (χ2v) is 2.81. The van der Waals surface area contributed by atoms with E-state index in [-0.39, 0.29) is 5.91 Å². The fourth-order valence-corrected chi connectivity index (χ4v) is 1.05. The van der Waals surface area contributed by atoms with Gasteiger partial charge in [0, 0.05) is 18.3 Å². The average molecular weight is 167 g/mol. The molecule has 66 valence electrons. The Morgan fingerprint density at radius 1 is 1.75 bits per heavy atom. The van der Waals surface area contributed by atoms with Gasteiger partial charge in [-0.2, -0.15) is 0 Å². The first-order valence-electron chi connectivity index (χ1n) is 3.97. The number of H-pyrrole nitrogens is 1. The Morgan fingerprint density at radius 2 is 2.50 bits per heavy atom. The van der Waals surface area contributed by atoms with Crippen molar-refractivity contribution in [3.8, 4) is 0 Å². The Hall–Kier alpha value is -1.32. The molecule has 1 rings (SSSR count). The maximum absolute atomic E-state index is 10.4. The van der Waals surface area contributed by atoms with Gasteiger partial charge in [0.05, 0.1) is 0 Å². The van der Waals surface area contributed by atoms with Crippen molar-refractivity contribution in [2.45, 2.75) is 26.2 Å². The van der Waals surface area contributed by atoms with Crippen LogP contribution in [-0.2, 0) is 11.2 Å². The van der Waals surface area contributed by atoms with Gasteiger partial charge in [-0.05, 0) is 19.8 Å². The smallest absolute Gasteiger partial charge is 0.217 e. The number of imidazole rings is 1. The quantitative estimate of drug-likeness (QED) is 0.686. The van der Waals surface area contributed by atoms with Gasteiger partial charge in [-0.25, -0.2) is 4.98 Å². The number of aromatic amines is 1. The summed E-state index contributed by atoms with van der Waals surface area (Å²) >= 11 is 0. The highest BCUT2D eigenvalue weighted by Gasteiger charge is 1.98. The van der Waals surface area contributed by atoms with Gasteiger partial charge < -0.3 is 10.7 Å². The van der Waals surface area contributed by atoms with Crippen LogP contribution in [0.3, 0.4) is 0 Å². The predicted octanol–water partition coefficient (Wildman–Crippen LogP) is 0.526. The number of aromatic nitrogens is 2. The Morgan fingerprint density at radius 3 is 3.00 bits per heavy atom. The molecule has 4 nitrogen and oxygen atoms in total. The molecule has 3 N–H and O–H groups in total. The van der Waals surface area contributed by atoms with E-state index in [4.69, 9.17) is 5.73 Å². The Bertz CT molecular complexity index is 267. The zero-order valence-electron chi connectivity index (χ0n) is 7.13. The van der Waals surface area contributed by atoms with Gasteiger partial charge in [0.2, 0.25) is 5.91 Å². The minimum atomic E-state index is -0.244. The number of rotatable bonds is 4. The van der Waals surface area contributed by atoms with E-state index >= 15 is 0 Å². The third-order valence-electron chi connectivity index (χ3n) is 1.62. The molecule has 1 aromatic heterocycles. The van der Waals surface area contributed by atoms with E-state index in [9.17, 15) is 4.79 Å². The molecule has 0 fully saturated rings. The van der Waals surface area contributed by atoms with E-state index in [2.05, 4.69) is 9.97 Å². The van der Waals surface area contributed by atoms with Crippen LogP contribution in [0.1, 0.15) is 24.4 Å². The van der Waals surface area contributed by atoms with Crippen LogP contribution in [0, 0.1) is 6.92 Å².